The Morgan fingerprint density at radius 1 is 1.08 bits per heavy atom. The normalized spacial score (nSPS) is 18.5. The number of anilines is 1. The van der Waals surface area contributed by atoms with E-state index >= 15 is 0 Å². The van der Waals surface area contributed by atoms with Crippen molar-refractivity contribution in [2.24, 2.45) is 5.92 Å². The number of aromatic nitrogens is 1. The lowest BCUT2D eigenvalue weighted by Gasteiger charge is -2.33. The van der Waals surface area contributed by atoms with Gasteiger partial charge in [0.1, 0.15) is 17.3 Å². The second-order valence-electron chi connectivity index (χ2n) is 5.96. The molecular weight excluding hydrogens is 317 g/mol. The summed E-state index contributed by atoms with van der Waals surface area (Å²) in [5.41, 5.74) is -0.845. The molecule has 3 rings (SSSR count). The number of para-hydroxylation sites is 1. The highest BCUT2D eigenvalue weighted by Crippen LogP contribution is 2.30. The highest BCUT2D eigenvalue weighted by atomic mass is 19.4. The van der Waals surface area contributed by atoms with E-state index in [2.05, 4.69) is 4.98 Å². The summed E-state index contributed by atoms with van der Waals surface area (Å²) in [4.78, 5) is 5.69. The van der Waals surface area contributed by atoms with Gasteiger partial charge in [-0.15, -0.1) is 0 Å². The van der Waals surface area contributed by atoms with Gasteiger partial charge in [0.15, 0.2) is 0 Å². The lowest BCUT2D eigenvalue weighted by atomic mass is 9.99. The molecule has 1 aromatic heterocycles. The maximum absolute atomic E-state index is 12.8. The molecule has 2 heterocycles. The summed E-state index contributed by atoms with van der Waals surface area (Å²) in [6.45, 7) is 1.93. The van der Waals surface area contributed by atoms with Crippen molar-refractivity contribution in [2.45, 2.75) is 19.0 Å². The number of piperidine rings is 1. The molecule has 1 fully saturated rings. The van der Waals surface area contributed by atoms with Crippen LogP contribution in [0.3, 0.4) is 0 Å². The van der Waals surface area contributed by atoms with Crippen LogP contribution >= 0.6 is 0 Å². The average molecular weight is 336 g/mol. The zero-order chi connectivity index (χ0) is 17.0. The number of benzene rings is 1. The van der Waals surface area contributed by atoms with Crippen LogP contribution in [0, 0.1) is 5.92 Å². The van der Waals surface area contributed by atoms with E-state index in [1.54, 1.807) is 6.07 Å². The molecule has 1 atom stereocenters. The third-order valence-electron chi connectivity index (χ3n) is 4.10. The summed E-state index contributed by atoms with van der Waals surface area (Å²) in [6.07, 6.45) is -2.50. The van der Waals surface area contributed by atoms with E-state index < -0.39 is 11.9 Å². The third-order valence-corrected chi connectivity index (χ3v) is 4.10. The fourth-order valence-corrected chi connectivity index (χ4v) is 2.90. The molecule has 0 spiro atoms. The lowest BCUT2D eigenvalue weighted by molar-refractivity contribution is -0.141. The second kappa shape index (κ2) is 7.11. The average Bonchev–Trinajstić information content (AvgIpc) is 2.60. The van der Waals surface area contributed by atoms with Gasteiger partial charge in [0, 0.05) is 19.0 Å². The van der Waals surface area contributed by atoms with Gasteiger partial charge in [0.25, 0.3) is 0 Å². The van der Waals surface area contributed by atoms with Crippen molar-refractivity contribution in [3.8, 4) is 5.75 Å². The molecule has 0 aliphatic carbocycles. The van der Waals surface area contributed by atoms with Gasteiger partial charge in [0.05, 0.1) is 6.61 Å². The first kappa shape index (κ1) is 16.6. The van der Waals surface area contributed by atoms with Crippen LogP contribution in [0.5, 0.6) is 5.75 Å². The van der Waals surface area contributed by atoms with Crippen LogP contribution in [0.15, 0.2) is 48.5 Å². The summed E-state index contributed by atoms with van der Waals surface area (Å²) in [5.74, 6) is 1.47. The smallest absolute Gasteiger partial charge is 0.433 e. The molecule has 3 nitrogen and oxygen atoms in total. The van der Waals surface area contributed by atoms with Crippen LogP contribution < -0.4 is 9.64 Å². The zero-order valence-corrected chi connectivity index (χ0v) is 13.2. The molecule has 1 aromatic carbocycles. The van der Waals surface area contributed by atoms with Crippen LogP contribution in [0.4, 0.5) is 19.0 Å². The molecule has 24 heavy (non-hydrogen) atoms. The van der Waals surface area contributed by atoms with Gasteiger partial charge in [-0.1, -0.05) is 24.3 Å². The van der Waals surface area contributed by atoms with E-state index in [0.717, 1.165) is 31.2 Å². The Bertz CT molecular complexity index is 661. The predicted octanol–water partition coefficient (Wildman–Crippen LogP) is 4.40. The number of pyridine rings is 1. The van der Waals surface area contributed by atoms with Crippen LogP contribution in [-0.2, 0) is 6.18 Å². The van der Waals surface area contributed by atoms with Gasteiger partial charge in [-0.25, -0.2) is 4.98 Å². The molecule has 0 N–H and O–H groups in total. The minimum Gasteiger partial charge on any atom is -0.493 e. The number of hydrogen-bond acceptors (Lipinski definition) is 3. The van der Waals surface area contributed by atoms with Crippen LogP contribution in [0.25, 0.3) is 0 Å². The molecule has 6 heteroatoms. The molecule has 2 aromatic rings. The Morgan fingerprint density at radius 2 is 1.88 bits per heavy atom. The molecule has 0 bridgehead atoms. The number of halogens is 3. The maximum atomic E-state index is 12.8. The molecule has 1 aliphatic heterocycles. The second-order valence-corrected chi connectivity index (χ2v) is 5.96. The van der Waals surface area contributed by atoms with E-state index in [1.165, 1.54) is 6.07 Å². The number of alkyl halides is 3. The summed E-state index contributed by atoms with van der Waals surface area (Å²) in [6, 6.07) is 13.6. The lowest BCUT2D eigenvalue weighted by Crippen LogP contribution is -2.38. The van der Waals surface area contributed by atoms with Crippen molar-refractivity contribution in [2.75, 3.05) is 24.6 Å². The van der Waals surface area contributed by atoms with Gasteiger partial charge in [-0.2, -0.15) is 13.2 Å². The number of hydrogen-bond donors (Lipinski definition) is 0. The standard InChI is InChI=1S/C18H19F3N2O/c19-18(20,21)16-9-4-10-17(22-16)23-11-5-6-14(12-23)13-24-15-7-2-1-3-8-15/h1-4,7-10,14H,5-6,11-13H2. The minimum absolute atomic E-state index is 0.273. The molecule has 0 radical (unpaired) electrons. The van der Waals surface area contributed by atoms with Crippen LogP contribution in [-0.4, -0.2) is 24.7 Å². The minimum atomic E-state index is -4.42. The molecule has 128 valence electrons. The Kier molecular flexibility index (Phi) is 4.92. The van der Waals surface area contributed by atoms with E-state index in [1.807, 2.05) is 35.2 Å². The van der Waals surface area contributed by atoms with Crippen molar-refractivity contribution in [1.29, 1.82) is 0 Å². The van der Waals surface area contributed by atoms with Gasteiger partial charge in [0.2, 0.25) is 0 Å². The molecule has 1 aliphatic rings. The Morgan fingerprint density at radius 3 is 2.62 bits per heavy atom. The highest BCUT2D eigenvalue weighted by Gasteiger charge is 2.33. The largest absolute Gasteiger partial charge is 0.493 e. The topological polar surface area (TPSA) is 25.4 Å². The van der Waals surface area contributed by atoms with E-state index in [4.69, 9.17) is 4.74 Å². The van der Waals surface area contributed by atoms with Crippen molar-refractivity contribution < 1.29 is 17.9 Å². The van der Waals surface area contributed by atoms with Gasteiger partial charge < -0.3 is 9.64 Å². The number of rotatable bonds is 4. The highest BCUT2D eigenvalue weighted by molar-refractivity contribution is 5.40. The molecule has 1 saturated heterocycles. The number of ether oxygens (including phenoxy) is 1. The summed E-state index contributed by atoms with van der Waals surface area (Å²) < 4.78 is 44.2. The first-order valence-electron chi connectivity index (χ1n) is 7.99. The van der Waals surface area contributed by atoms with Crippen LogP contribution in [0.1, 0.15) is 18.5 Å². The molecule has 0 amide bonds. The Balaban J connectivity index is 1.63. The SMILES string of the molecule is FC(F)(F)c1cccc(N2CCCC(COc3ccccc3)C2)n1. The molecule has 0 saturated carbocycles. The van der Waals surface area contributed by atoms with Crippen molar-refractivity contribution in [3.63, 3.8) is 0 Å². The summed E-state index contributed by atoms with van der Waals surface area (Å²) in [5, 5.41) is 0. The summed E-state index contributed by atoms with van der Waals surface area (Å²) >= 11 is 0. The van der Waals surface area contributed by atoms with E-state index in [0.29, 0.717) is 19.0 Å². The first-order chi connectivity index (χ1) is 11.5. The quantitative estimate of drug-likeness (QED) is 0.828. The third kappa shape index (κ3) is 4.19. The van der Waals surface area contributed by atoms with Gasteiger partial charge in [-0.05, 0) is 37.1 Å². The Hall–Kier alpha value is -2.24. The van der Waals surface area contributed by atoms with E-state index in [-0.39, 0.29) is 5.92 Å². The molecular formula is C18H19F3N2O. The number of nitrogens with zero attached hydrogens (tertiary/aromatic N) is 2. The first-order valence-corrected chi connectivity index (χ1v) is 7.99. The molecule has 1 unspecified atom stereocenters. The summed E-state index contributed by atoms with van der Waals surface area (Å²) in [7, 11) is 0. The van der Waals surface area contributed by atoms with Crippen molar-refractivity contribution >= 4 is 5.82 Å². The maximum Gasteiger partial charge on any atom is 0.433 e. The predicted molar refractivity (Wildman–Crippen MR) is 86.1 cm³/mol. The zero-order valence-electron chi connectivity index (χ0n) is 13.2. The van der Waals surface area contributed by atoms with Crippen LogP contribution in [0.2, 0.25) is 0 Å². The van der Waals surface area contributed by atoms with Crippen molar-refractivity contribution in [1.82, 2.24) is 4.98 Å². The van der Waals surface area contributed by atoms with E-state index in [9.17, 15) is 13.2 Å². The van der Waals surface area contributed by atoms with Gasteiger partial charge in [-0.3, -0.25) is 0 Å². The fourth-order valence-electron chi connectivity index (χ4n) is 2.90. The van der Waals surface area contributed by atoms with Crippen molar-refractivity contribution in [3.05, 3.63) is 54.2 Å². The fraction of sp³-hybridized carbons (Fsp3) is 0.389. The Labute approximate surface area is 139 Å². The monoisotopic (exact) mass is 336 g/mol. The van der Waals surface area contributed by atoms with Gasteiger partial charge >= 0.3 is 6.18 Å².